The van der Waals surface area contributed by atoms with Crippen LogP contribution in [0.3, 0.4) is 0 Å². The number of fused-ring (bicyclic) bond motifs is 2. The predicted octanol–water partition coefficient (Wildman–Crippen LogP) is 1.23. The topological polar surface area (TPSA) is 111 Å². The maximum absolute atomic E-state index is 12.2. The van der Waals surface area contributed by atoms with Crippen LogP contribution in [0.5, 0.6) is 11.5 Å². The summed E-state index contributed by atoms with van der Waals surface area (Å²) in [5, 5.41) is 11.3. The maximum Gasteiger partial charge on any atom is 0.252 e. The number of nitrogens with one attached hydrogen (secondary N) is 2. The van der Waals surface area contributed by atoms with E-state index >= 15 is 0 Å². The summed E-state index contributed by atoms with van der Waals surface area (Å²) in [4.78, 5) is 26.3. The van der Waals surface area contributed by atoms with Crippen LogP contribution in [0.2, 0.25) is 0 Å². The molecular formula is C16H15N5O4S. The van der Waals surface area contributed by atoms with Gasteiger partial charge in [0, 0.05) is 23.5 Å². The van der Waals surface area contributed by atoms with Crippen molar-refractivity contribution in [3.05, 3.63) is 40.3 Å². The zero-order chi connectivity index (χ0) is 18.1. The minimum atomic E-state index is -0.240. The summed E-state index contributed by atoms with van der Waals surface area (Å²) >= 11 is 1.23. The Hall–Kier alpha value is -3.01. The lowest BCUT2D eigenvalue weighted by Crippen LogP contribution is -2.17. The van der Waals surface area contributed by atoms with Gasteiger partial charge in [-0.2, -0.15) is 0 Å². The number of carbonyl (C=O) groups is 1. The van der Waals surface area contributed by atoms with Crippen molar-refractivity contribution < 1.29 is 14.3 Å². The van der Waals surface area contributed by atoms with Gasteiger partial charge in [-0.15, -0.1) is 10.2 Å². The average molecular weight is 373 g/mol. The molecule has 1 aliphatic rings. The number of rotatable bonds is 4. The van der Waals surface area contributed by atoms with Crippen LogP contribution in [0.25, 0.3) is 5.78 Å². The molecule has 1 aromatic carbocycles. The first kappa shape index (κ1) is 16.5. The Bertz CT molecular complexity index is 1040. The molecule has 0 unspecified atom stereocenters. The highest BCUT2D eigenvalue weighted by atomic mass is 32.2. The summed E-state index contributed by atoms with van der Waals surface area (Å²) in [5.74, 6) is 1.59. The number of aromatic nitrogens is 4. The number of ether oxygens (including phenoxy) is 2. The van der Waals surface area contributed by atoms with Crippen molar-refractivity contribution in [3.63, 3.8) is 0 Å². The lowest BCUT2D eigenvalue weighted by molar-refractivity contribution is -0.113. The molecule has 0 saturated heterocycles. The fourth-order valence-electron chi connectivity index (χ4n) is 2.61. The first-order valence-corrected chi connectivity index (χ1v) is 8.86. The molecule has 0 bridgehead atoms. The molecule has 134 valence electrons. The second-order valence-corrected chi connectivity index (χ2v) is 6.55. The van der Waals surface area contributed by atoms with Crippen LogP contribution in [0.15, 0.2) is 34.2 Å². The van der Waals surface area contributed by atoms with Gasteiger partial charge in [-0.1, -0.05) is 11.8 Å². The third kappa shape index (κ3) is 3.23. The van der Waals surface area contributed by atoms with E-state index in [-0.39, 0.29) is 17.2 Å². The first-order chi connectivity index (χ1) is 12.6. The number of carbonyl (C=O) groups excluding carboxylic acids is 1. The SMILES string of the molecule is Cc1cc(=O)[nH]c2nnc(SCC(=O)Nc3ccc4c(c3)OCCO4)n12. The Morgan fingerprint density at radius 2 is 2.08 bits per heavy atom. The zero-order valence-electron chi connectivity index (χ0n) is 13.8. The normalized spacial score (nSPS) is 13.0. The number of benzene rings is 1. The molecule has 10 heteroatoms. The molecule has 2 aromatic heterocycles. The molecule has 0 aliphatic carbocycles. The van der Waals surface area contributed by atoms with E-state index in [0.717, 1.165) is 0 Å². The zero-order valence-corrected chi connectivity index (χ0v) is 14.6. The first-order valence-electron chi connectivity index (χ1n) is 7.87. The van der Waals surface area contributed by atoms with Crippen molar-refractivity contribution in [1.29, 1.82) is 0 Å². The molecule has 1 amide bonds. The molecule has 0 atom stereocenters. The van der Waals surface area contributed by atoms with Crippen molar-refractivity contribution in [2.24, 2.45) is 0 Å². The number of thioether (sulfide) groups is 1. The molecule has 3 heterocycles. The van der Waals surface area contributed by atoms with E-state index in [1.165, 1.54) is 17.8 Å². The van der Waals surface area contributed by atoms with Gasteiger partial charge in [0.2, 0.25) is 11.7 Å². The van der Waals surface area contributed by atoms with Crippen molar-refractivity contribution in [1.82, 2.24) is 19.6 Å². The summed E-state index contributed by atoms with van der Waals surface area (Å²) in [7, 11) is 0. The molecule has 0 spiro atoms. The van der Waals surface area contributed by atoms with Crippen LogP contribution >= 0.6 is 11.8 Å². The van der Waals surface area contributed by atoms with Crippen molar-refractivity contribution in [2.45, 2.75) is 12.1 Å². The largest absolute Gasteiger partial charge is 0.486 e. The van der Waals surface area contributed by atoms with E-state index in [0.29, 0.717) is 47.0 Å². The van der Waals surface area contributed by atoms with Gasteiger partial charge in [-0.05, 0) is 19.1 Å². The molecule has 3 aromatic rings. The highest BCUT2D eigenvalue weighted by Crippen LogP contribution is 2.32. The summed E-state index contributed by atoms with van der Waals surface area (Å²) in [6.45, 7) is 2.79. The monoisotopic (exact) mass is 373 g/mol. The fraction of sp³-hybridized carbons (Fsp3) is 0.250. The summed E-state index contributed by atoms with van der Waals surface area (Å²) < 4.78 is 12.7. The number of hydrogen-bond acceptors (Lipinski definition) is 7. The lowest BCUT2D eigenvalue weighted by atomic mass is 10.2. The summed E-state index contributed by atoms with van der Waals surface area (Å²) in [6, 6.07) is 6.72. The van der Waals surface area contributed by atoms with Gasteiger partial charge in [-0.25, -0.2) is 0 Å². The minimum absolute atomic E-state index is 0.147. The third-order valence-electron chi connectivity index (χ3n) is 3.72. The number of hydrogen-bond donors (Lipinski definition) is 2. The molecule has 4 rings (SSSR count). The molecule has 26 heavy (non-hydrogen) atoms. The second kappa shape index (κ2) is 6.71. The van der Waals surface area contributed by atoms with Gasteiger partial charge >= 0.3 is 0 Å². The van der Waals surface area contributed by atoms with Crippen LogP contribution in [0.4, 0.5) is 5.69 Å². The Labute approximate surface area is 151 Å². The Morgan fingerprint density at radius 1 is 1.27 bits per heavy atom. The number of anilines is 1. The van der Waals surface area contributed by atoms with Crippen molar-refractivity contribution >= 4 is 29.1 Å². The molecule has 0 fully saturated rings. The van der Waals surface area contributed by atoms with Crippen LogP contribution in [0, 0.1) is 6.92 Å². The molecule has 0 saturated carbocycles. The molecule has 1 aliphatic heterocycles. The fourth-order valence-corrected chi connectivity index (χ4v) is 3.40. The molecule has 9 nitrogen and oxygen atoms in total. The number of amides is 1. The van der Waals surface area contributed by atoms with Crippen LogP contribution < -0.4 is 20.3 Å². The minimum Gasteiger partial charge on any atom is -0.486 e. The number of aryl methyl sites for hydroxylation is 1. The van der Waals surface area contributed by atoms with E-state index in [9.17, 15) is 9.59 Å². The molecule has 0 radical (unpaired) electrons. The van der Waals surface area contributed by atoms with Crippen LogP contribution in [-0.4, -0.2) is 44.5 Å². The van der Waals surface area contributed by atoms with Gasteiger partial charge in [0.05, 0.1) is 5.75 Å². The van der Waals surface area contributed by atoms with Gasteiger partial charge in [-0.3, -0.25) is 19.0 Å². The van der Waals surface area contributed by atoms with E-state index in [2.05, 4.69) is 20.5 Å². The molecular weight excluding hydrogens is 358 g/mol. The molecule has 2 N–H and O–H groups in total. The Balaban J connectivity index is 1.44. The van der Waals surface area contributed by atoms with Crippen LogP contribution in [0.1, 0.15) is 5.69 Å². The van der Waals surface area contributed by atoms with Gasteiger partial charge in [0.25, 0.3) is 5.56 Å². The Morgan fingerprint density at radius 3 is 2.92 bits per heavy atom. The van der Waals surface area contributed by atoms with Crippen molar-refractivity contribution in [3.8, 4) is 11.5 Å². The lowest BCUT2D eigenvalue weighted by Gasteiger charge is -2.18. The van der Waals surface area contributed by atoms with E-state index < -0.39 is 0 Å². The average Bonchev–Trinajstić information content (AvgIpc) is 3.03. The Kier molecular flexibility index (Phi) is 4.25. The standard InChI is InChI=1S/C16H15N5O4S/c1-9-6-13(22)18-15-19-20-16(21(9)15)26-8-14(23)17-10-2-3-11-12(7-10)25-5-4-24-11/h2-3,6-7H,4-5,8H2,1H3,(H,17,23)(H,18,19,22). The van der Waals surface area contributed by atoms with Gasteiger partial charge in [0.15, 0.2) is 16.7 Å². The van der Waals surface area contributed by atoms with Crippen LogP contribution in [-0.2, 0) is 4.79 Å². The highest BCUT2D eigenvalue weighted by Gasteiger charge is 2.14. The van der Waals surface area contributed by atoms with E-state index in [1.807, 2.05) is 0 Å². The highest BCUT2D eigenvalue weighted by molar-refractivity contribution is 7.99. The summed E-state index contributed by atoms with van der Waals surface area (Å²) in [5.41, 5.74) is 1.09. The van der Waals surface area contributed by atoms with Crippen molar-refractivity contribution in [2.75, 3.05) is 24.3 Å². The number of aromatic amines is 1. The second-order valence-electron chi connectivity index (χ2n) is 5.61. The maximum atomic E-state index is 12.2. The number of H-pyrrole nitrogens is 1. The number of nitrogens with zero attached hydrogens (tertiary/aromatic N) is 3. The van der Waals surface area contributed by atoms with Gasteiger partial charge in [0.1, 0.15) is 13.2 Å². The van der Waals surface area contributed by atoms with E-state index in [1.54, 1.807) is 29.5 Å². The van der Waals surface area contributed by atoms with E-state index in [4.69, 9.17) is 9.47 Å². The van der Waals surface area contributed by atoms with Gasteiger partial charge < -0.3 is 14.8 Å². The third-order valence-corrected chi connectivity index (χ3v) is 4.65. The predicted molar refractivity (Wildman–Crippen MR) is 95.1 cm³/mol. The summed E-state index contributed by atoms with van der Waals surface area (Å²) in [6.07, 6.45) is 0. The quantitative estimate of drug-likeness (QED) is 0.662. The smallest absolute Gasteiger partial charge is 0.252 e.